The van der Waals surface area contributed by atoms with Crippen molar-refractivity contribution in [3.05, 3.63) is 40.9 Å². The molecule has 9 heteroatoms. The van der Waals surface area contributed by atoms with Gasteiger partial charge >= 0.3 is 0 Å². The number of benzene rings is 1. The molecule has 0 aliphatic carbocycles. The third kappa shape index (κ3) is 3.02. The van der Waals surface area contributed by atoms with Crippen LogP contribution in [-0.4, -0.2) is 50.8 Å². The van der Waals surface area contributed by atoms with Crippen LogP contribution in [0.2, 0.25) is 5.02 Å². The molecule has 0 spiro atoms. The van der Waals surface area contributed by atoms with Gasteiger partial charge in [-0.2, -0.15) is 0 Å². The van der Waals surface area contributed by atoms with Crippen LogP contribution in [0.5, 0.6) is 0 Å². The Morgan fingerprint density at radius 1 is 1.39 bits per heavy atom. The van der Waals surface area contributed by atoms with E-state index in [-0.39, 0.29) is 28.4 Å². The molecule has 1 aliphatic heterocycles. The molecule has 1 aromatic heterocycles. The topological polar surface area (TPSA) is 80.1 Å². The molecular formula is C14H13ClFN5O2. The Hall–Kier alpha value is -2.48. The van der Waals surface area contributed by atoms with Gasteiger partial charge < -0.3 is 10.2 Å². The number of hydrogen-bond acceptors (Lipinski definition) is 4. The van der Waals surface area contributed by atoms with E-state index in [0.717, 1.165) is 4.68 Å². The highest BCUT2D eigenvalue weighted by molar-refractivity contribution is 6.30. The minimum atomic E-state index is -0.637. The number of rotatable bonds is 3. The first kappa shape index (κ1) is 15.4. The maximum atomic E-state index is 13.9. The summed E-state index contributed by atoms with van der Waals surface area (Å²) >= 11 is 5.72. The van der Waals surface area contributed by atoms with Crippen molar-refractivity contribution in [2.24, 2.45) is 0 Å². The molecule has 2 aromatic rings. The number of amides is 2. The molecule has 1 N–H and O–H groups in total. The molecule has 0 atom stereocenters. The van der Waals surface area contributed by atoms with Crippen LogP contribution in [0, 0.1) is 5.82 Å². The molecule has 1 aliphatic rings. The van der Waals surface area contributed by atoms with Crippen molar-refractivity contribution in [3.8, 4) is 5.69 Å². The Bertz CT molecular complexity index is 772. The van der Waals surface area contributed by atoms with Gasteiger partial charge in [-0.3, -0.25) is 9.59 Å². The monoisotopic (exact) mass is 337 g/mol. The number of carbonyl (C=O) groups excluding carboxylic acids is 2. The summed E-state index contributed by atoms with van der Waals surface area (Å²) in [4.78, 5) is 24.8. The highest BCUT2D eigenvalue weighted by Crippen LogP contribution is 2.20. The summed E-state index contributed by atoms with van der Waals surface area (Å²) in [6.45, 7) is 2.42. The van der Waals surface area contributed by atoms with E-state index >= 15 is 0 Å². The number of halogens is 2. The Kier molecular flexibility index (Phi) is 3.99. The lowest BCUT2D eigenvalue weighted by atomic mass is 10.1. The summed E-state index contributed by atoms with van der Waals surface area (Å²) in [6, 6.07) is 4.36. The minimum absolute atomic E-state index is 0.0297. The van der Waals surface area contributed by atoms with Gasteiger partial charge in [0.15, 0.2) is 11.5 Å². The third-order valence-electron chi connectivity index (χ3n) is 3.57. The summed E-state index contributed by atoms with van der Waals surface area (Å²) < 4.78 is 15.1. The van der Waals surface area contributed by atoms with Crippen molar-refractivity contribution < 1.29 is 14.0 Å². The van der Waals surface area contributed by atoms with E-state index in [0.29, 0.717) is 13.1 Å². The standard InChI is InChI=1S/C14H13ClFN5O2/c1-8(22)20-5-9(6-20)17-14(23)11-7-21(19-18-11)12-4-2-3-10(15)13(12)16/h2-4,7,9H,5-6H2,1H3,(H,17,23). The summed E-state index contributed by atoms with van der Waals surface area (Å²) in [6.07, 6.45) is 1.32. The molecule has 0 radical (unpaired) electrons. The van der Waals surface area contributed by atoms with Crippen molar-refractivity contribution in [1.29, 1.82) is 0 Å². The van der Waals surface area contributed by atoms with E-state index < -0.39 is 11.7 Å². The number of hydrogen-bond donors (Lipinski definition) is 1. The maximum Gasteiger partial charge on any atom is 0.273 e. The second-order valence-electron chi connectivity index (χ2n) is 5.22. The average Bonchev–Trinajstić information content (AvgIpc) is 2.94. The van der Waals surface area contributed by atoms with E-state index in [9.17, 15) is 14.0 Å². The fourth-order valence-electron chi connectivity index (χ4n) is 2.24. The molecule has 1 fully saturated rings. The summed E-state index contributed by atoms with van der Waals surface area (Å²) in [5, 5.41) is 10.2. The molecular weight excluding hydrogens is 325 g/mol. The molecule has 23 heavy (non-hydrogen) atoms. The molecule has 0 unspecified atom stereocenters. The predicted molar refractivity (Wildman–Crippen MR) is 79.8 cm³/mol. The van der Waals surface area contributed by atoms with E-state index in [1.807, 2.05) is 0 Å². The van der Waals surface area contributed by atoms with Crippen LogP contribution >= 0.6 is 11.6 Å². The second kappa shape index (κ2) is 5.96. The van der Waals surface area contributed by atoms with Crippen molar-refractivity contribution in [1.82, 2.24) is 25.2 Å². The normalized spacial score (nSPS) is 14.5. The first-order valence-corrected chi connectivity index (χ1v) is 7.26. The number of nitrogens with zero attached hydrogens (tertiary/aromatic N) is 4. The molecule has 1 saturated heterocycles. The van der Waals surface area contributed by atoms with Crippen LogP contribution in [0.15, 0.2) is 24.4 Å². The first-order valence-electron chi connectivity index (χ1n) is 6.89. The van der Waals surface area contributed by atoms with Gasteiger partial charge in [0.25, 0.3) is 5.91 Å². The molecule has 0 saturated carbocycles. The van der Waals surface area contributed by atoms with Crippen LogP contribution < -0.4 is 5.32 Å². The van der Waals surface area contributed by atoms with Crippen LogP contribution in [0.1, 0.15) is 17.4 Å². The quantitative estimate of drug-likeness (QED) is 0.907. The van der Waals surface area contributed by atoms with Gasteiger partial charge in [0, 0.05) is 20.0 Å². The summed E-state index contributed by atoms with van der Waals surface area (Å²) in [5.74, 6) is -1.09. The molecule has 1 aromatic carbocycles. The van der Waals surface area contributed by atoms with Gasteiger partial charge in [0.1, 0.15) is 5.69 Å². The molecule has 2 heterocycles. The van der Waals surface area contributed by atoms with Crippen molar-refractivity contribution in [3.63, 3.8) is 0 Å². The van der Waals surface area contributed by atoms with E-state index in [1.165, 1.54) is 25.3 Å². The smallest absolute Gasteiger partial charge is 0.273 e. The Balaban J connectivity index is 1.69. The summed E-state index contributed by atoms with van der Waals surface area (Å²) in [7, 11) is 0. The predicted octanol–water partition coefficient (Wildman–Crippen LogP) is 1.02. The van der Waals surface area contributed by atoms with Crippen molar-refractivity contribution >= 4 is 23.4 Å². The van der Waals surface area contributed by atoms with Gasteiger partial charge in [-0.1, -0.05) is 22.9 Å². The van der Waals surface area contributed by atoms with Crippen LogP contribution in [0.4, 0.5) is 4.39 Å². The molecule has 0 bridgehead atoms. The lowest BCUT2D eigenvalue weighted by Crippen LogP contribution is -2.60. The van der Waals surface area contributed by atoms with Crippen LogP contribution in [0.3, 0.4) is 0 Å². The zero-order valence-electron chi connectivity index (χ0n) is 12.2. The van der Waals surface area contributed by atoms with Gasteiger partial charge in [-0.15, -0.1) is 5.10 Å². The number of likely N-dealkylation sites (tertiary alicyclic amines) is 1. The Morgan fingerprint density at radius 2 is 2.13 bits per heavy atom. The van der Waals surface area contributed by atoms with Crippen molar-refractivity contribution in [2.45, 2.75) is 13.0 Å². The third-order valence-corrected chi connectivity index (χ3v) is 3.86. The van der Waals surface area contributed by atoms with Crippen molar-refractivity contribution in [2.75, 3.05) is 13.1 Å². The van der Waals surface area contributed by atoms with Gasteiger partial charge in [-0.25, -0.2) is 9.07 Å². The fraction of sp³-hybridized carbons (Fsp3) is 0.286. The van der Waals surface area contributed by atoms with E-state index in [2.05, 4.69) is 15.6 Å². The maximum absolute atomic E-state index is 13.9. The average molecular weight is 338 g/mol. The SMILES string of the molecule is CC(=O)N1CC(NC(=O)c2cn(-c3cccc(Cl)c3F)nn2)C1. The highest BCUT2D eigenvalue weighted by atomic mass is 35.5. The van der Waals surface area contributed by atoms with Gasteiger partial charge in [0.05, 0.1) is 17.3 Å². The molecule has 3 rings (SSSR count). The highest BCUT2D eigenvalue weighted by Gasteiger charge is 2.30. The zero-order chi connectivity index (χ0) is 16.6. The Labute approximate surface area is 136 Å². The fourth-order valence-corrected chi connectivity index (χ4v) is 2.41. The van der Waals surface area contributed by atoms with Gasteiger partial charge in [0.2, 0.25) is 5.91 Å². The molecule has 120 valence electrons. The van der Waals surface area contributed by atoms with Gasteiger partial charge in [-0.05, 0) is 12.1 Å². The van der Waals surface area contributed by atoms with E-state index in [1.54, 1.807) is 11.0 Å². The Morgan fingerprint density at radius 3 is 2.83 bits per heavy atom. The summed E-state index contributed by atoms with van der Waals surface area (Å²) in [5.41, 5.74) is 0.168. The van der Waals surface area contributed by atoms with Crippen LogP contribution in [-0.2, 0) is 4.79 Å². The minimum Gasteiger partial charge on any atom is -0.344 e. The number of aromatic nitrogens is 3. The second-order valence-corrected chi connectivity index (χ2v) is 5.62. The lowest BCUT2D eigenvalue weighted by Gasteiger charge is -2.38. The number of carbonyl (C=O) groups is 2. The first-order chi connectivity index (χ1) is 11.0. The molecule has 2 amide bonds. The largest absolute Gasteiger partial charge is 0.344 e. The van der Waals surface area contributed by atoms with Crippen LogP contribution in [0.25, 0.3) is 5.69 Å². The van der Waals surface area contributed by atoms with E-state index in [4.69, 9.17) is 11.6 Å². The lowest BCUT2D eigenvalue weighted by molar-refractivity contribution is -0.133. The molecule has 7 nitrogen and oxygen atoms in total. The number of nitrogens with one attached hydrogen (secondary N) is 1. The zero-order valence-corrected chi connectivity index (χ0v) is 12.9.